The van der Waals surface area contributed by atoms with Crippen molar-refractivity contribution in [1.29, 1.82) is 0 Å². The Morgan fingerprint density at radius 3 is 2.60 bits per heavy atom. The van der Waals surface area contributed by atoms with Crippen LogP contribution in [0.1, 0.15) is 24.4 Å². The van der Waals surface area contributed by atoms with E-state index in [9.17, 15) is 4.39 Å². The van der Waals surface area contributed by atoms with Crippen LogP contribution in [0.3, 0.4) is 0 Å². The fraction of sp³-hybridized carbons (Fsp3) is 0.500. The van der Waals surface area contributed by atoms with Gasteiger partial charge >= 0.3 is 0 Å². The number of benzene rings is 1. The lowest BCUT2D eigenvalue weighted by atomic mass is 9.98. The van der Waals surface area contributed by atoms with Crippen molar-refractivity contribution in [3.05, 3.63) is 35.6 Å². The van der Waals surface area contributed by atoms with E-state index >= 15 is 0 Å². The van der Waals surface area contributed by atoms with Crippen molar-refractivity contribution in [2.24, 2.45) is 11.7 Å². The maximum absolute atomic E-state index is 13.5. The van der Waals surface area contributed by atoms with Crippen molar-refractivity contribution >= 4 is 0 Å². The molecular formula is C12H16FNO. The SMILES string of the molecule is COC(C1CC1)C(N)c1ccccc1F. The first-order valence-electron chi connectivity index (χ1n) is 5.27. The summed E-state index contributed by atoms with van der Waals surface area (Å²) >= 11 is 0. The smallest absolute Gasteiger partial charge is 0.128 e. The largest absolute Gasteiger partial charge is 0.379 e. The monoisotopic (exact) mass is 209 g/mol. The molecule has 0 bridgehead atoms. The third kappa shape index (κ3) is 2.19. The molecule has 3 heteroatoms. The van der Waals surface area contributed by atoms with Crippen LogP contribution in [0.5, 0.6) is 0 Å². The van der Waals surface area contributed by atoms with Gasteiger partial charge in [0.15, 0.2) is 0 Å². The van der Waals surface area contributed by atoms with E-state index in [0.717, 1.165) is 12.8 Å². The number of nitrogens with two attached hydrogens (primary N) is 1. The van der Waals surface area contributed by atoms with Gasteiger partial charge in [-0.05, 0) is 24.8 Å². The summed E-state index contributed by atoms with van der Waals surface area (Å²) in [7, 11) is 1.64. The number of hydrogen-bond acceptors (Lipinski definition) is 2. The molecule has 15 heavy (non-hydrogen) atoms. The lowest BCUT2D eigenvalue weighted by Gasteiger charge is -2.22. The summed E-state index contributed by atoms with van der Waals surface area (Å²) in [5, 5.41) is 0. The Hall–Kier alpha value is -0.930. The Morgan fingerprint density at radius 1 is 1.40 bits per heavy atom. The molecule has 0 spiro atoms. The number of ether oxygens (including phenoxy) is 1. The molecule has 0 saturated heterocycles. The van der Waals surface area contributed by atoms with Crippen LogP contribution in [0, 0.1) is 11.7 Å². The van der Waals surface area contributed by atoms with E-state index in [2.05, 4.69) is 0 Å². The minimum Gasteiger partial charge on any atom is -0.379 e. The van der Waals surface area contributed by atoms with E-state index in [1.165, 1.54) is 6.07 Å². The molecule has 1 aromatic carbocycles. The Bertz CT molecular complexity index is 338. The van der Waals surface area contributed by atoms with Gasteiger partial charge in [-0.15, -0.1) is 0 Å². The molecule has 0 amide bonds. The van der Waals surface area contributed by atoms with Crippen LogP contribution < -0.4 is 5.73 Å². The third-order valence-electron chi connectivity index (χ3n) is 2.98. The van der Waals surface area contributed by atoms with Gasteiger partial charge in [0.1, 0.15) is 5.82 Å². The van der Waals surface area contributed by atoms with Gasteiger partial charge in [-0.2, -0.15) is 0 Å². The average molecular weight is 209 g/mol. The van der Waals surface area contributed by atoms with Gasteiger partial charge in [0.05, 0.1) is 12.1 Å². The van der Waals surface area contributed by atoms with Crippen molar-refractivity contribution < 1.29 is 9.13 Å². The first-order chi connectivity index (χ1) is 7.24. The quantitative estimate of drug-likeness (QED) is 0.825. The Kier molecular flexibility index (Phi) is 3.03. The van der Waals surface area contributed by atoms with Crippen LogP contribution in [-0.4, -0.2) is 13.2 Å². The summed E-state index contributed by atoms with van der Waals surface area (Å²) in [6, 6.07) is 6.29. The van der Waals surface area contributed by atoms with Gasteiger partial charge in [-0.3, -0.25) is 0 Å². The first-order valence-corrected chi connectivity index (χ1v) is 5.27. The molecule has 2 N–H and O–H groups in total. The van der Waals surface area contributed by atoms with E-state index in [0.29, 0.717) is 11.5 Å². The van der Waals surface area contributed by atoms with Crippen LogP contribution >= 0.6 is 0 Å². The molecule has 1 aromatic rings. The Labute approximate surface area is 89.2 Å². The molecule has 2 rings (SSSR count). The molecule has 0 aromatic heterocycles. The molecule has 0 aliphatic heterocycles. The zero-order chi connectivity index (χ0) is 10.8. The van der Waals surface area contributed by atoms with Crippen molar-refractivity contribution in [2.75, 3.05) is 7.11 Å². The van der Waals surface area contributed by atoms with Gasteiger partial charge in [0, 0.05) is 12.7 Å². The molecule has 82 valence electrons. The van der Waals surface area contributed by atoms with E-state index in [4.69, 9.17) is 10.5 Å². The molecule has 1 aliphatic rings. The highest BCUT2D eigenvalue weighted by Gasteiger charge is 2.36. The molecule has 2 atom stereocenters. The minimum absolute atomic E-state index is 0.0538. The zero-order valence-corrected chi connectivity index (χ0v) is 8.82. The summed E-state index contributed by atoms with van der Waals surface area (Å²) in [6.07, 6.45) is 2.23. The van der Waals surface area contributed by atoms with Crippen LogP contribution in [-0.2, 0) is 4.74 Å². The maximum atomic E-state index is 13.5. The summed E-state index contributed by atoms with van der Waals surface area (Å²) < 4.78 is 18.8. The molecular weight excluding hydrogens is 193 g/mol. The second kappa shape index (κ2) is 4.29. The van der Waals surface area contributed by atoms with E-state index < -0.39 is 0 Å². The van der Waals surface area contributed by atoms with Gasteiger partial charge in [-0.25, -0.2) is 4.39 Å². The molecule has 1 fully saturated rings. The minimum atomic E-state index is -0.358. The molecule has 2 unspecified atom stereocenters. The third-order valence-corrected chi connectivity index (χ3v) is 2.98. The molecule has 2 nitrogen and oxygen atoms in total. The topological polar surface area (TPSA) is 35.2 Å². The van der Waals surface area contributed by atoms with Gasteiger partial charge < -0.3 is 10.5 Å². The van der Waals surface area contributed by atoms with Crippen molar-refractivity contribution in [2.45, 2.75) is 25.0 Å². The highest BCUT2D eigenvalue weighted by atomic mass is 19.1. The highest BCUT2D eigenvalue weighted by molar-refractivity contribution is 5.22. The Balaban J connectivity index is 2.18. The summed E-state index contributed by atoms with van der Waals surface area (Å²) in [4.78, 5) is 0. The summed E-state index contributed by atoms with van der Waals surface area (Å²) in [5.41, 5.74) is 6.58. The van der Waals surface area contributed by atoms with E-state index in [-0.39, 0.29) is 18.0 Å². The second-order valence-corrected chi connectivity index (χ2v) is 4.09. The van der Waals surface area contributed by atoms with Gasteiger partial charge in [0.25, 0.3) is 0 Å². The van der Waals surface area contributed by atoms with E-state index in [1.807, 2.05) is 0 Å². The number of rotatable bonds is 4. The molecule has 0 heterocycles. The average Bonchev–Trinajstić information content (AvgIpc) is 3.03. The predicted octanol–water partition coefficient (Wildman–Crippen LogP) is 2.25. The second-order valence-electron chi connectivity index (χ2n) is 4.09. The number of halogens is 1. The van der Waals surface area contributed by atoms with Crippen LogP contribution in [0.25, 0.3) is 0 Å². The van der Waals surface area contributed by atoms with Crippen molar-refractivity contribution in [1.82, 2.24) is 0 Å². The predicted molar refractivity (Wildman–Crippen MR) is 56.8 cm³/mol. The molecule has 1 aliphatic carbocycles. The van der Waals surface area contributed by atoms with E-state index in [1.54, 1.807) is 25.3 Å². The number of methoxy groups -OCH3 is 1. The van der Waals surface area contributed by atoms with Crippen LogP contribution in [0.15, 0.2) is 24.3 Å². The van der Waals surface area contributed by atoms with Gasteiger partial charge in [-0.1, -0.05) is 18.2 Å². The summed E-state index contributed by atoms with van der Waals surface area (Å²) in [5.74, 6) is 0.261. The van der Waals surface area contributed by atoms with Gasteiger partial charge in [0.2, 0.25) is 0 Å². The summed E-state index contributed by atoms with van der Waals surface area (Å²) in [6.45, 7) is 0. The highest BCUT2D eigenvalue weighted by Crippen LogP contribution is 2.39. The zero-order valence-electron chi connectivity index (χ0n) is 8.82. The lowest BCUT2D eigenvalue weighted by Crippen LogP contribution is -2.30. The normalized spacial score (nSPS) is 19.9. The fourth-order valence-electron chi connectivity index (χ4n) is 1.98. The fourth-order valence-corrected chi connectivity index (χ4v) is 1.98. The van der Waals surface area contributed by atoms with Crippen molar-refractivity contribution in [3.63, 3.8) is 0 Å². The molecule has 1 saturated carbocycles. The van der Waals surface area contributed by atoms with Crippen LogP contribution in [0.2, 0.25) is 0 Å². The standard InChI is InChI=1S/C12H16FNO/c1-15-12(8-6-7-8)11(14)9-4-2-3-5-10(9)13/h2-5,8,11-12H,6-7,14H2,1H3. The lowest BCUT2D eigenvalue weighted by molar-refractivity contribution is 0.0614. The maximum Gasteiger partial charge on any atom is 0.128 e. The van der Waals surface area contributed by atoms with Crippen LogP contribution in [0.4, 0.5) is 4.39 Å². The molecule has 0 radical (unpaired) electrons. The number of hydrogen-bond donors (Lipinski definition) is 1. The van der Waals surface area contributed by atoms with Crippen molar-refractivity contribution in [3.8, 4) is 0 Å². The Morgan fingerprint density at radius 2 is 2.07 bits per heavy atom. The first kappa shape index (κ1) is 10.6.